The first-order chi connectivity index (χ1) is 8.78. The molecule has 0 unspecified atom stereocenters. The van der Waals surface area contributed by atoms with Crippen LogP contribution in [0.5, 0.6) is 0 Å². The maximum absolute atomic E-state index is 12.7. The van der Waals surface area contributed by atoms with E-state index in [9.17, 15) is 8.42 Å². The molecule has 0 N–H and O–H groups in total. The van der Waals surface area contributed by atoms with Crippen molar-refractivity contribution in [1.82, 2.24) is 4.31 Å². The molecule has 0 bridgehead atoms. The Bertz CT molecular complexity index is 561. The van der Waals surface area contributed by atoms with E-state index in [0.717, 1.165) is 12.8 Å². The summed E-state index contributed by atoms with van der Waals surface area (Å²) >= 11 is 3.34. The van der Waals surface area contributed by atoms with Gasteiger partial charge in [0.2, 0.25) is 10.0 Å². The summed E-state index contributed by atoms with van der Waals surface area (Å²) < 4.78 is 27.7. The van der Waals surface area contributed by atoms with E-state index in [-0.39, 0.29) is 11.5 Å². The van der Waals surface area contributed by atoms with Crippen LogP contribution in [0.15, 0.2) is 33.6 Å². The van der Waals surface area contributed by atoms with Gasteiger partial charge in [-0.1, -0.05) is 32.9 Å². The summed E-state index contributed by atoms with van der Waals surface area (Å²) in [6.07, 6.45) is 1.87. The van der Waals surface area contributed by atoms with Gasteiger partial charge in [0.25, 0.3) is 0 Å². The molecule has 1 aliphatic rings. The van der Waals surface area contributed by atoms with Crippen LogP contribution >= 0.6 is 15.9 Å². The standard InChI is InChI=1S/C14H20BrNO2S/c1-4-16(11-9-14(2,3)10-11)19(17,18)13-8-6-5-7-12(13)15/h5-8,11H,4,9-10H2,1-3H3. The van der Waals surface area contributed by atoms with Crippen LogP contribution in [0.3, 0.4) is 0 Å². The summed E-state index contributed by atoms with van der Waals surface area (Å²) in [5.41, 5.74) is 0.265. The van der Waals surface area contributed by atoms with Crippen molar-refractivity contribution in [2.45, 2.75) is 44.6 Å². The third-order valence-electron chi connectivity index (χ3n) is 3.72. The van der Waals surface area contributed by atoms with Crippen LogP contribution in [0.2, 0.25) is 0 Å². The second-order valence-corrected chi connectivity index (χ2v) is 8.58. The van der Waals surface area contributed by atoms with Crippen molar-refractivity contribution >= 4 is 26.0 Å². The molecule has 1 saturated carbocycles. The third kappa shape index (κ3) is 2.88. The molecule has 106 valence electrons. The lowest BCUT2D eigenvalue weighted by atomic mass is 9.68. The first-order valence-corrected chi connectivity index (χ1v) is 8.77. The van der Waals surface area contributed by atoms with Crippen LogP contribution in [0.1, 0.15) is 33.6 Å². The highest BCUT2D eigenvalue weighted by Crippen LogP contribution is 2.44. The van der Waals surface area contributed by atoms with E-state index in [0.29, 0.717) is 15.9 Å². The lowest BCUT2D eigenvalue weighted by Gasteiger charge is -2.47. The van der Waals surface area contributed by atoms with Crippen molar-refractivity contribution in [3.8, 4) is 0 Å². The molecule has 0 heterocycles. The number of rotatable bonds is 4. The van der Waals surface area contributed by atoms with Gasteiger partial charge in [-0.2, -0.15) is 4.31 Å². The quantitative estimate of drug-likeness (QED) is 0.835. The highest BCUT2D eigenvalue weighted by Gasteiger charge is 2.43. The zero-order valence-electron chi connectivity index (χ0n) is 11.6. The average Bonchev–Trinajstić information content (AvgIpc) is 2.27. The second-order valence-electron chi connectivity index (χ2n) is 5.87. The number of hydrogen-bond acceptors (Lipinski definition) is 2. The Labute approximate surface area is 124 Å². The Balaban J connectivity index is 2.31. The van der Waals surface area contributed by atoms with Crippen molar-refractivity contribution in [2.24, 2.45) is 5.41 Å². The summed E-state index contributed by atoms with van der Waals surface area (Å²) in [5, 5.41) is 0. The molecule has 2 rings (SSSR count). The monoisotopic (exact) mass is 345 g/mol. The normalized spacial score (nSPS) is 19.4. The molecule has 1 fully saturated rings. The molecule has 1 aromatic carbocycles. The number of nitrogens with zero attached hydrogens (tertiary/aromatic N) is 1. The first-order valence-electron chi connectivity index (χ1n) is 6.54. The van der Waals surface area contributed by atoms with Gasteiger partial charge in [-0.15, -0.1) is 0 Å². The predicted molar refractivity (Wildman–Crippen MR) is 80.5 cm³/mol. The SMILES string of the molecule is CCN(C1CC(C)(C)C1)S(=O)(=O)c1ccccc1Br. The zero-order chi connectivity index (χ0) is 14.3. The van der Waals surface area contributed by atoms with Gasteiger partial charge in [-0.3, -0.25) is 0 Å². The summed E-state index contributed by atoms with van der Waals surface area (Å²) in [6.45, 7) is 6.79. The van der Waals surface area contributed by atoms with Gasteiger partial charge >= 0.3 is 0 Å². The van der Waals surface area contributed by atoms with Crippen LogP contribution in [-0.2, 0) is 10.0 Å². The number of sulfonamides is 1. The van der Waals surface area contributed by atoms with Crippen molar-refractivity contribution in [2.75, 3.05) is 6.54 Å². The van der Waals surface area contributed by atoms with Crippen molar-refractivity contribution in [3.63, 3.8) is 0 Å². The molecular formula is C14H20BrNO2S. The fraction of sp³-hybridized carbons (Fsp3) is 0.571. The van der Waals surface area contributed by atoms with E-state index >= 15 is 0 Å². The minimum atomic E-state index is -3.41. The Morgan fingerprint density at radius 1 is 1.32 bits per heavy atom. The zero-order valence-corrected chi connectivity index (χ0v) is 14.0. The largest absolute Gasteiger partial charge is 0.244 e. The molecule has 0 amide bonds. The summed E-state index contributed by atoms with van der Waals surface area (Å²) in [7, 11) is -3.41. The Hall–Kier alpha value is -0.390. The number of benzene rings is 1. The molecule has 19 heavy (non-hydrogen) atoms. The topological polar surface area (TPSA) is 37.4 Å². The molecule has 0 radical (unpaired) electrons. The van der Waals surface area contributed by atoms with E-state index in [1.807, 2.05) is 13.0 Å². The maximum Gasteiger partial charge on any atom is 0.244 e. The lowest BCUT2D eigenvalue weighted by molar-refractivity contribution is 0.0764. The molecule has 1 aliphatic carbocycles. The minimum Gasteiger partial charge on any atom is -0.207 e. The van der Waals surface area contributed by atoms with Gasteiger partial charge in [0.1, 0.15) is 0 Å². The molecular weight excluding hydrogens is 326 g/mol. The molecule has 0 saturated heterocycles. The second kappa shape index (κ2) is 5.19. The molecule has 0 atom stereocenters. The predicted octanol–water partition coefficient (Wildman–Crippen LogP) is 3.65. The van der Waals surface area contributed by atoms with Gasteiger partial charge in [-0.05, 0) is 46.3 Å². The van der Waals surface area contributed by atoms with E-state index in [4.69, 9.17) is 0 Å². The van der Waals surface area contributed by atoms with Crippen LogP contribution < -0.4 is 0 Å². The van der Waals surface area contributed by atoms with E-state index in [1.54, 1.807) is 22.5 Å². The van der Waals surface area contributed by atoms with Gasteiger partial charge in [0.05, 0.1) is 4.90 Å². The van der Waals surface area contributed by atoms with Crippen LogP contribution in [0, 0.1) is 5.41 Å². The average molecular weight is 346 g/mol. The van der Waals surface area contributed by atoms with E-state index < -0.39 is 10.0 Å². The number of hydrogen-bond donors (Lipinski definition) is 0. The van der Waals surface area contributed by atoms with Crippen LogP contribution in [0.25, 0.3) is 0 Å². The maximum atomic E-state index is 12.7. The molecule has 0 spiro atoms. The Morgan fingerprint density at radius 3 is 2.37 bits per heavy atom. The minimum absolute atomic E-state index is 0.136. The third-order valence-corrected chi connectivity index (χ3v) is 6.76. The Morgan fingerprint density at radius 2 is 1.89 bits per heavy atom. The Kier molecular flexibility index (Phi) is 4.10. The molecule has 0 aromatic heterocycles. The molecule has 1 aromatic rings. The molecule has 0 aliphatic heterocycles. The lowest BCUT2D eigenvalue weighted by Crippen LogP contribution is -2.50. The van der Waals surface area contributed by atoms with E-state index in [2.05, 4.69) is 29.8 Å². The highest BCUT2D eigenvalue weighted by molar-refractivity contribution is 9.10. The van der Waals surface area contributed by atoms with Gasteiger partial charge in [0, 0.05) is 17.1 Å². The summed E-state index contributed by atoms with van der Waals surface area (Å²) in [4.78, 5) is 0.363. The highest BCUT2D eigenvalue weighted by atomic mass is 79.9. The molecule has 5 heteroatoms. The fourth-order valence-corrected chi connectivity index (χ4v) is 5.42. The molecule has 3 nitrogen and oxygen atoms in total. The van der Waals surface area contributed by atoms with Gasteiger partial charge < -0.3 is 0 Å². The number of halogens is 1. The van der Waals surface area contributed by atoms with Gasteiger partial charge in [-0.25, -0.2) is 8.42 Å². The van der Waals surface area contributed by atoms with Gasteiger partial charge in [0.15, 0.2) is 0 Å². The summed E-state index contributed by atoms with van der Waals surface area (Å²) in [5.74, 6) is 0. The van der Waals surface area contributed by atoms with Crippen molar-refractivity contribution in [1.29, 1.82) is 0 Å². The van der Waals surface area contributed by atoms with Crippen LogP contribution in [0.4, 0.5) is 0 Å². The van der Waals surface area contributed by atoms with Crippen molar-refractivity contribution in [3.05, 3.63) is 28.7 Å². The smallest absolute Gasteiger partial charge is 0.207 e. The van der Waals surface area contributed by atoms with E-state index in [1.165, 1.54) is 0 Å². The van der Waals surface area contributed by atoms with Crippen LogP contribution in [-0.4, -0.2) is 25.3 Å². The first kappa shape index (κ1) is 15.0. The fourth-order valence-electron chi connectivity index (χ4n) is 2.82. The van der Waals surface area contributed by atoms with Crippen molar-refractivity contribution < 1.29 is 8.42 Å². The summed E-state index contributed by atoms with van der Waals surface area (Å²) in [6, 6.07) is 7.15.